The molecular weight excluding hydrogens is 210 g/mol. The third-order valence-electron chi connectivity index (χ3n) is 4.31. The van der Waals surface area contributed by atoms with Crippen LogP contribution in [-0.2, 0) is 0 Å². The van der Waals surface area contributed by atoms with Crippen LogP contribution in [0.3, 0.4) is 0 Å². The average molecular weight is 233 g/mol. The Kier molecular flexibility index (Phi) is 3.72. The number of aryl methyl sites for hydroxylation is 1. The fraction of sp³-hybridized carbons (Fsp3) is 0.600. The first kappa shape index (κ1) is 12.4. The quantitative estimate of drug-likeness (QED) is 0.866. The highest BCUT2D eigenvalue weighted by molar-refractivity contribution is 5.37. The molecule has 17 heavy (non-hydrogen) atoms. The van der Waals surface area contributed by atoms with Gasteiger partial charge in [-0.15, -0.1) is 0 Å². The number of methoxy groups -OCH3 is 1. The predicted molar refractivity (Wildman–Crippen MR) is 71.7 cm³/mol. The van der Waals surface area contributed by atoms with Gasteiger partial charge in [-0.25, -0.2) is 0 Å². The maximum atomic E-state index is 5.27. The molecule has 0 bridgehead atoms. The first-order valence-electron chi connectivity index (χ1n) is 6.49. The first-order valence-corrected chi connectivity index (χ1v) is 6.49. The van der Waals surface area contributed by atoms with Gasteiger partial charge < -0.3 is 10.1 Å². The molecule has 1 aliphatic carbocycles. The fourth-order valence-electron chi connectivity index (χ4n) is 3.20. The fourth-order valence-corrected chi connectivity index (χ4v) is 3.20. The summed E-state index contributed by atoms with van der Waals surface area (Å²) in [6, 6.07) is 7.14. The average Bonchev–Trinajstić information content (AvgIpc) is 2.70. The van der Waals surface area contributed by atoms with Crippen molar-refractivity contribution in [1.29, 1.82) is 0 Å². The Labute approximate surface area is 104 Å². The zero-order valence-corrected chi connectivity index (χ0v) is 11.3. The van der Waals surface area contributed by atoms with Crippen molar-refractivity contribution in [2.45, 2.75) is 38.6 Å². The van der Waals surface area contributed by atoms with E-state index >= 15 is 0 Å². The van der Waals surface area contributed by atoms with E-state index in [2.05, 4.69) is 44.4 Å². The van der Waals surface area contributed by atoms with Gasteiger partial charge >= 0.3 is 0 Å². The molecular formula is C15H23NO. The summed E-state index contributed by atoms with van der Waals surface area (Å²) < 4.78 is 5.27. The minimum Gasteiger partial charge on any atom is -0.497 e. The molecule has 1 aromatic rings. The van der Waals surface area contributed by atoms with Crippen LogP contribution in [0.1, 0.15) is 36.8 Å². The summed E-state index contributed by atoms with van der Waals surface area (Å²) in [6.45, 7) is 4.56. The number of benzene rings is 1. The van der Waals surface area contributed by atoms with E-state index in [-0.39, 0.29) is 0 Å². The second-order valence-corrected chi connectivity index (χ2v) is 5.16. The Morgan fingerprint density at radius 1 is 1.29 bits per heavy atom. The van der Waals surface area contributed by atoms with Crippen molar-refractivity contribution in [2.75, 3.05) is 14.2 Å². The second-order valence-electron chi connectivity index (χ2n) is 5.16. The van der Waals surface area contributed by atoms with E-state index in [1.807, 2.05) is 0 Å². The monoisotopic (exact) mass is 233 g/mol. The normalized spacial score (nSPS) is 28.4. The van der Waals surface area contributed by atoms with Gasteiger partial charge in [0.1, 0.15) is 5.75 Å². The van der Waals surface area contributed by atoms with E-state index in [0.717, 1.165) is 5.75 Å². The van der Waals surface area contributed by atoms with Gasteiger partial charge in [-0.1, -0.05) is 13.0 Å². The van der Waals surface area contributed by atoms with Crippen LogP contribution in [-0.4, -0.2) is 20.2 Å². The maximum absolute atomic E-state index is 5.27. The molecule has 0 spiro atoms. The Bertz CT molecular complexity index is 389. The zero-order chi connectivity index (χ0) is 12.4. The zero-order valence-electron chi connectivity index (χ0n) is 11.3. The SMILES string of the molecule is CNC1CCC(c2ccc(OC)cc2C)C1C. The minimum atomic E-state index is 0.668. The molecule has 2 rings (SSSR count). The van der Waals surface area contributed by atoms with Crippen molar-refractivity contribution in [3.05, 3.63) is 29.3 Å². The highest BCUT2D eigenvalue weighted by Gasteiger charge is 2.33. The molecule has 0 aromatic heterocycles. The summed E-state index contributed by atoms with van der Waals surface area (Å²) in [6.07, 6.45) is 2.58. The standard InChI is InChI=1S/C15H23NO/c1-10-9-12(17-4)5-6-13(10)14-7-8-15(16-3)11(14)2/h5-6,9,11,14-16H,7-8H2,1-4H3. The summed E-state index contributed by atoms with van der Waals surface area (Å²) in [5.74, 6) is 2.37. The highest BCUT2D eigenvalue weighted by Crippen LogP contribution is 2.41. The summed E-state index contributed by atoms with van der Waals surface area (Å²) >= 11 is 0. The second kappa shape index (κ2) is 5.09. The molecule has 3 atom stereocenters. The first-order chi connectivity index (χ1) is 8.17. The molecule has 94 valence electrons. The number of rotatable bonds is 3. The maximum Gasteiger partial charge on any atom is 0.119 e. The number of nitrogens with one attached hydrogen (secondary N) is 1. The Balaban J connectivity index is 2.23. The predicted octanol–water partition coefficient (Wildman–Crippen LogP) is 3.11. The van der Waals surface area contributed by atoms with E-state index in [9.17, 15) is 0 Å². The van der Waals surface area contributed by atoms with Gasteiger partial charge in [-0.2, -0.15) is 0 Å². The van der Waals surface area contributed by atoms with Crippen LogP contribution in [0.5, 0.6) is 5.75 Å². The lowest BCUT2D eigenvalue weighted by Gasteiger charge is -2.22. The molecule has 3 unspecified atom stereocenters. The lowest BCUT2D eigenvalue weighted by molar-refractivity contribution is 0.412. The smallest absolute Gasteiger partial charge is 0.119 e. The summed E-state index contributed by atoms with van der Waals surface area (Å²) in [4.78, 5) is 0. The Hall–Kier alpha value is -1.02. The molecule has 0 radical (unpaired) electrons. The van der Waals surface area contributed by atoms with E-state index in [1.165, 1.54) is 24.0 Å². The van der Waals surface area contributed by atoms with Crippen LogP contribution < -0.4 is 10.1 Å². The topological polar surface area (TPSA) is 21.3 Å². The van der Waals surface area contributed by atoms with E-state index in [0.29, 0.717) is 17.9 Å². The van der Waals surface area contributed by atoms with Gasteiger partial charge in [0.05, 0.1) is 7.11 Å². The molecule has 0 aliphatic heterocycles. The van der Waals surface area contributed by atoms with Crippen LogP contribution >= 0.6 is 0 Å². The molecule has 1 aromatic carbocycles. The van der Waals surface area contributed by atoms with Crippen molar-refractivity contribution in [3.63, 3.8) is 0 Å². The number of ether oxygens (including phenoxy) is 1. The molecule has 1 N–H and O–H groups in total. The van der Waals surface area contributed by atoms with E-state index in [1.54, 1.807) is 7.11 Å². The van der Waals surface area contributed by atoms with Gasteiger partial charge in [0.2, 0.25) is 0 Å². The van der Waals surface area contributed by atoms with Crippen molar-refractivity contribution in [2.24, 2.45) is 5.92 Å². The molecule has 0 saturated heterocycles. The van der Waals surface area contributed by atoms with Gasteiger partial charge in [-0.05, 0) is 61.9 Å². The summed E-state index contributed by atoms with van der Waals surface area (Å²) in [5.41, 5.74) is 2.86. The van der Waals surface area contributed by atoms with E-state index < -0.39 is 0 Å². The largest absolute Gasteiger partial charge is 0.497 e. The molecule has 2 nitrogen and oxygen atoms in total. The van der Waals surface area contributed by atoms with Gasteiger partial charge in [0.15, 0.2) is 0 Å². The summed E-state index contributed by atoms with van der Waals surface area (Å²) in [7, 11) is 3.80. The minimum absolute atomic E-state index is 0.668. The Morgan fingerprint density at radius 3 is 2.59 bits per heavy atom. The summed E-state index contributed by atoms with van der Waals surface area (Å²) in [5, 5.41) is 3.43. The molecule has 2 heteroatoms. The highest BCUT2D eigenvalue weighted by atomic mass is 16.5. The number of hydrogen-bond donors (Lipinski definition) is 1. The van der Waals surface area contributed by atoms with Crippen molar-refractivity contribution in [3.8, 4) is 5.75 Å². The van der Waals surface area contributed by atoms with Crippen LogP contribution in [0.15, 0.2) is 18.2 Å². The van der Waals surface area contributed by atoms with Crippen molar-refractivity contribution in [1.82, 2.24) is 5.32 Å². The molecule has 1 aliphatic rings. The van der Waals surface area contributed by atoms with Crippen LogP contribution in [0.4, 0.5) is 0 Å². The van der Waals surface area contributed by atoms with Crippen LogP contribution in [0, 0.1) is 12.8 Å². The third kappa shape index (κ3) is 2.32. The van der Waals surface area contributed by atoms with Crippen molar-refractivity contribution < 1.29 is 4.74 Å². The van der Waals surface area contributed by atoms with Gasteiger partial charge in [0.25, 0.3) is 0 Å². The Morgan fingerprint density at radius 2 is 2.06 bits per heavy atom. The van der Waals surface area contributed by atoms with E-state index in [4.69, 9.17) is 4.74 Å². The lowest BCUT2D eigenvalue weighted by atomic mass is 9.86. The van der Waals surface area contributed by atoms with Gasteiger partial charge in [0, 0.05) is 6.04 Å². The van der Waals surface area contributed by atoms with Crippen LogP contribution in [0.2, 0.25) is 0 Å². The van der Waals surface area contributed by atoms with Crippen molar-refractivity contribution >= 4 is 0 Å². The van der Waals surface area contributed by atoms with Crippen LogP contribution in [0.25, 0.3) is 0 Å². The lowest BCUT2D eigenvalue weighted by Crippen LogP contribution is -2.28. The third-order valence-corrected chi connectivity index (χ3v) is 4.31. The molecule has 0 heterocycles. The molecule has 0 amide bonds. The van der Waals surface area contributed by atoms with Gasteiger partial charge in [-0.3, -0.25) is 0 Å². The number of hydrogen-bond acceptors (Lipinski definition) is 2. The molecule has 1 saturated carbocycles. The molecule has 1 fully saturated rings.